The largest absolute Gasteiger partial charge is 0.422 e. The number of nitrogens with zero attached hydrogens (tertiary/aromatic N) is 1. The predicted octanol–water partition coefficient (Wildman–Crippen LogP) is 5.94. The maximum atomic E-state index is 13.8. The number of aromatic nitrogens is 1. The lowest BCUT2D eigenvalue weighted by atomic mass is 9.91. The van der Waals surface area contributed by atoms with E-state index in [0.717, 1.165) is 13.2 Å². The highest BCUT2D eigenvalue weighted by Crippen LogP contribution is 2.44. The number of anilines is 2. The van der Waals surface area contributed by atoms with Gasteiger partial charge in [-0.1, -0.05) is 29.8 Å². The lowest BCUT2D eigenvalue weighted by molar-refractivity contribution is -0.244. The molecule has 0 spiro atoms. The third-order valence-corrected chi connectivity index (χ3v) is 6.40. The Morgan fingerprint density at radius 1 is 1.00 bits per heavy atom. The summed E-state index contributed by atoms with van der Waals surface area (Å²) in [5.41, 5.74) is -1.37. The van der Waals surface area contributed by atoms with Gasteiger partial charge in [0.25, 0.3) is 11.8 Å². The van der Waals surface area contributed by atoms with Crippen molar-refractivity contribution in [2.45, 2.75) is 32.5 Å². The van der Waals surface area contributed by atoms with Crippen LogP contribution in [0.4, 0.5) is 24.5 Å². The molecule has 196 valence electrons. The zero-order chi connectivity index (χ0) is 27.5. The topological polar surface area (TPSA) is 97.4 Å². The van der Waals surface area contributed by atoms with Crippen LogP contribution in [0.3, 0.4) is 0 Å². The summed E-state index contributed by atoms with van der Waals surface area (Å²) in [5.74, 6) is -1.06. The van der Waals surface area contributed by atoms with E-state index in [1.165, 1.54) is 36.5 Å². The Bertz CT molecular complexity index is 1360. The lowest BCUT2D eigenvalue weighted by Crippen LogP contribution is -2.42. The van der Waals surface area contributed by atoms with Crippen molar-refractivity contribution in [3.63, 3.8) is 0 Å². The van der Waals surface area contributed by atoms with Crippen molar-refractivity contribution in [1.29, 1.82) is 0 Å². The summed E-state index contributed by atoms with van der Waals surface area (Å²) < 4.78 is 57.8. The second-order valence-corrected chi connectivity index (χ2v) is 9.66. The Kier molecular flexibility index (Phi) is 8.41. The van der Waals surface area contributed by atoms with Crippen molar-refractivity contribution < 1.29 is 31.2 Å². The Balaban J connectivity index is 1.85. The van der Waals surface area contributed by atoms with Crippen LogP contribution >= 0.6 is 11.6 Å². The van der Waals surface area contributed by atoms with Gasteiger partial charge < -0.3 is 10.6 Å². The van der Waals surface area contributed by atoms with Gasteiger partial charge in [-0.15, -0.1) is 0 Å². The number of hydrogen-bond acceptors (Lipinski definition) is 5. The van der Waals surface area contributed by atoms with E-state index in [0.29, 0.717) is 22.5 Å². The van der Waals surface area contributed by atoms with Gasteiger partial charge in [-0.3, -0.25) is 13.8 Å². The van der Waals surface area contributed by atoms with Gasteiger partial charge in [0.05, 0.1) is 5.56 Å². The minimum atomic E-state index is -4.84. The maximum Gasteiger partial charge on any atom is 0.422 e. The average Bonchev–Trinajstić information content (AvgIpc) is 2.80. The molecule has 0 aliphatic rings. The monoisotopic (exact) mass is 553 g/mol. The molecule has 7 nitrogen and oxygen atoms in total. The van der Waals surface area contributed by atoms with E-state index in [4.69, 9.17) is 15.8 Å². The first kappa shape index (κ1) is 28.3. The molecule has 0 radical (unpaired) electrons. The van der Waals surface area contributed by atoms with Crippen LogP contribution in [0, 0.1) is 13.8 Å². The molecule has 2 aromatic carbocycles. The quantitative estimate of drug-likeness (QED) is 0.353. The van der Waals surface area contributed by atoms with Crippen LogP contribution in [0.25, 0.3) is 0 Å². The molecule has 0 bridgehead atoms. The molecule has 0 aliphatic heterocycles. The molecule has 0 fully saturated rings. The number of carbonyl (C=O) groups excluding carboxylic acids is 2. The summed E-state index contributed by atoms with van der Waals surface area (Å²) in [6.07, 6.45) is -2.38. The maximum absolute atomic E-state index is 13.8. The highest BCUT2D eigenvalue weighted by atomic mass is 35.5. The molecule has 1 heterocycles. The van der Waals surface area contributed by atoms with Gasteiger partial charge in [0.2, 0.25) is 5.60 Å². The number of nitrogens with one attached hydrogen (secondary N) is 2. The summed E-state index contributed by atoms with van der Waals surface area (Å²) in [7, 11) is 0. The van der Waals surface area contributed by atoms with Crippen molar-refractivity contribution in [3.05, 3.63) is 87.7 Å². The molecule has 3 rings (SSSR count). The van der Waals surface area contributed by atoms with Gasteiger partial charge in [-0.25, -0.2) is 9.19 Å². The van der Waals surface area contributed by atoms with E-state index in [1.807, 2.05) is 0 Å². The average molecular weight is 554 g/mol. The van der Waals surface area contributed by atoms with Gasteiger partial charge in [-0.05, 0) is 67.8 Å². The molecule has 0 aliphatic carbocycles. The van der Waals surface area contributed by atoms with Crippen molar-refractivity contribution in [2.24, 2.45) is 0 Å². The minimum absolute atomic E-state index is 0.0282. The van der Waals surface area contributed by atoms with Crippen molar-refractivity contribution in [1.82, 2.24) is 4.98 Å². The molecule has 0 saturated carbocycles. The van der Waals surface area contributed by atoms with Crippen LogP contribution in [-0.2, 0) is 20.9 Å². The highest BCUT2D eigenvalue weighted by Gasteiger charge is 2.55. The molecule has 12 heteroatoms. The first-order valence-electron chi connectivity index (χ1n) is 10.8. The van der Waals surface area contributed by atoms with E-state index in [1.54, 1.807) is 32.0 Å². The third-order valence-electron chi connectivity index (χ3n) is 5.53. The van der Waals surface area contributed by atoms with Crippen LogP contribution in [0.5, 0.6) is 0 Å². The lowest BCUT2D eigenvalue weighted by Gasteiger charge is -2.32. The number of hydrogen-bond donors (Lipinski definition) is 2. The molecule has 37 heavy (non-hydrogen) atoms. The molecule has 0 saturated heterocycles. The Morgan fingerprint density at radius 3 is 2.22 bits per heavy atom. The fourth-order valence-corrected chi connectivity index (χ4v) is 4.47. The molecule has 1 aromatic heterocycles. The number of halogens is 4. The summed E-state index contributed by atoms with van der Waals surface area (Å²) in [5, 5.41) is 5.38. The van der Waals surface area contributed by atoms with E-state index < -0.39 is 34.7 Å². The zero-order valence-electron chi connectivity index (χ0n) is 20.2. The Hall–Kier alpha value is -3.28. The SMILES string of the molecule is Cc1cc(C(C)(OS(C)=O)C(F)(F)F)cc(C)c1NC(=O)c1cccc(NC(=O)c2cccnc2Cl)c1. The number of amides is 2. The molecule has 3 aromatic rings. The summed E-state index contributed by atoms with van der Waals surface area (Å²) in [6, 6.07) is 11.6. The molecule has 2 amide bonds. The predicted molar refractivity (Wildman–Crippen MR) is 136 cm³/mol. The molecule has 2 N–H and O–H groups in total. The number of rotatable bonds is 7. The number of aryl methyl sites for hydroxylation is 2. The normalized spacial score (nSPS) is 13.9. The van der Waals surface area contributed by atoms with Crippen LogP contribution in [0.15, 0.2) is 54.7 Å². The molecular formula is C25H23ClF3N3O4S. The van der Waals surface area contributed by atoms with Crippen LogP contribution in [0.2, 0.25) is 5.15 Å². The fraction of sp³-hybridized carbons (Fsp3) is 0.240. The third kappa shape index (κ3) is 6.35. The van der Waals surface area contributed by atoms with Gasteiger partial charge in [0.1, 0.15) is 5.15 Å². The second kappa shape index (κ2) is 11.0. The van der Waals surface area contributed by atoms with Gasteiger partial charge >= 0.3 is 6.18 Å². The molecule has 2 atom stereocenters. The van der Waals surface area contributed by atoms with E-state index >= 15 is 0 Å². The van der Waals surface area contributed by atoms with Crippen LogP contribution in [0.1, 0.15) is 44.3 Å². The zero-order valence-corrected chi connectivity index (χ0v) is 21.8. The van der Waals surface area contributed by atoms with E-state index in [-0.39, 0.29) is 21.8 Å². The first-order valence-corrected chi connectivity index (χ1v) is 12.6. The standard InChI is InChI=1S/C25H23ClF3N3O4S/c1-14-11-17(24(3,25(27,28)29)36-37(4)35)12-15(2)20(14)32-22(33)16-7-5-8-18(13-16)31-23(34)19-9-6-10-30-21(19)26/h5-13H,1-4H3,(H,31,34)(H,32,33). The van der Waals surface area contributed by atoms with Gasteiger partial charge in [0, 0.05) is 29.4 Å². The smallest absolute Gasteiger partial charge is 0.322 e. The van der Waals surface area contributed by atoms with Crippen LogP contribution in [-0.4, -0.2) is 33.4 Å². The fourth-order valence-electron chi connectivity index (χ4n) is 3.61. The van der Waals surface area contributed by atoms with Gasteiger partial charge in [-0.2, -0.15) is 13.2 Å². The number of alkyl halides is 3. The minimum Gasteiger partial charge on any atom is -0.322 e. The van der Waals surface area contributed by atoms with Crippen molar-refractivity contribution >= 4 is 45.9 Å². The molecular weight excluding hydrogens is 531 g/mol. The van der Waals surface area contributed by atoms with Crippen molar-refractivity contribution in [2.75, 3.05) is 16.9 Å². The molecule has 2 unspecified atom stereocenters. The first-order chi connectivity index (χ1) is 17.2. The Morgan fingerprint density at radius 2 is 1.65 bits per heavy atom. The number of benzene rings is 2. The highest BCUT2D eigenvalue weighted by molar-refractivity contribution is 7.79. The summed E-state index contributed by atoms with van der Waals surface area (Å²) in [4.78, 5) is 29.3. The Labute approximate surface area is 219 Å². The number of pyridine rings is 1. The van der Waals surface area contributed by atoms with Gasteiger partial charge in [0.15, 0.2) is 11.1 Å². The van der Waals surface area contributed by atoms with Crippen molar-refractivity contribution in [3.8, 4) is 0 Å². The summed E-state index contributed by atoms with van der Waals surface area (Å²) >= 11 is 3.77. The summed E-state index contributed by atoms with van der Waals surface area (Å²) in [6.45, 7) is 3.89. The van der Waals surface area contributed by atoms with E-state index in [2.05, 4.69) is 15.6 Å². The number of carbonyl (C=O) groups is 2. The van der Waals surface area contributed by atoms with Crippen LogP contribution < -0.4 is 10.6 Å². The second-order valence-electron chi connectivity index (χ2n) is 8.33. The van der Waals surface area contributed by atoms with E-state index in [9.17, 15) is 27.0 Å².